The number of fused-ring (bicyclic) bond motifs is 1. The number of para-hydroxylation sites is 1. The molecule has 2 N–H and O–H groups in total. The molecular formula is C16H17N3OS. The number of aromatic hydroxyl groups is 1. The summed E-state index contributed by atoms with van der Waals surface area (Å²) < 4.78 is 2.26. The number of hydrogen-bond donors (Lipinski definition) is 2. The fraction of sp³-hybridized carbons (Fsp3) is 0.250. The highest BCUT2D eigenvalue weighted by atomic mass is 32.1. The second-order valence-corrected chi connectivity index (χ2v) is 5.93. The Labute approximate surface area is 128 Å². The first kappa shape index (κ1) is 13.8. The number of allylic oxidation sites excluding steroid dienone is 1. The molecule has 4 nitrogen and oxygen atoms in total. The standard InChI is InChI=1S/C16H17N3OS/c1-10(2)9-19-15(20)14(18-16(19)21)7-11-8-17-13-6-4-3-5-12(11)13/h3-8,10,20H,9H2,1-2H3,(H,18,21)/b11-7+. The largest absolute Gasteiger partial charge is 0.493 e. The maximum Gasteiger partial charge on any atom is 0.217 e. The third kappa shape index (κ3) is 2.56. The SMILES string of the molecule is CC(C)Cn1c(O)c(/C=C2\C=Nc3ccccc32)[nH]c1=S. The van der Waals surface area contributed by atoms with Crippen molar-refractivity contribution < 1.29 is 5.11 Å². The average molecular weight is 299 g/mol. The van der Waals surface area contributed by atoms with Crippen LogP contribution in [0.4, 0.5) is 5.69 Å². The molecular weight excluding hydrogens is 282 g/mol. The van der Waals surface area contributed by atoms with Crippen LogP contribution in [0.3, 0.4) is 0 Å². The average Bonchev–Trinajstić information content (AvgIpc) is 2.96. The molecule has 0 unspecified atom stereocenters. The molecule has 1 aliphatic rings. The lowest BCUT2D eigenvalue weighted by Gasteiger charge is -2.06. The topological polar surface area (TPSA) is 53.3 Å². The van der Waals surface area contributed by atoms with Crippen molar-refractivity contribution >= 4 is 35.8 Å². The van der Waals surface area contributed by atoms with E-state index in [1.165, 1.54) is 0 Å². The quantitative estimate of drug-likeness (QED) is 0.836. The number of imidazole rings is 1. The molecule has 1 aromatic carbocycles. The van der Waals surface area contributed by atoms with E-state index in [1.54, 1.807) is 10.8 Å². The molecule has 1 aliphatic heterocycles. The number of H-pyrrole nitrogens is 1. The van der Waals surface area contributed by atoms with Gasteiger partial charge in [0, 0.05) is 23.9 Å². The number of aliphatic imine (C=N–C) groups is 1. The molecule has 0 spiro atoms. The first-order chi connectivity index (χ1) is 10.1. The van der Waals surface area contributed by atoms with Gasteiger partial charge in [-0.3, -0.25) is 9.56 Å². The predicted octanol–water partition coefficient (Wildman–Crippen LogP) is 4.16. The van der Waals surface area contributed by atoms with Crippen LogP contribution < -0.4 is 0 Å². The van der Waals surface area contributed by atoms with E-state index in [2.05, 4.69) is 23.8 Å². The summed E-state index contributed by atoms with van der Waals surface area (Å²) in [4.78, 5) is 7.43. The Bertz CT molecular complexity index is 796. The maximum absolute atomic E-state index is 10.3. The van der Waals surface area contributed by atoms with Crippen LogP contribution in [-0.2, 0) is 6.54 Å². The van der Waals surface area contributed by atoms with E-state index in [-0.39, 0.29) is 5.88 Å². The Morgan fingerprint density at radius 1 is 1.38 bits per heavy atom. The number of nitrogens with one attached hydrogen (secondary N) is 1. The minimum Gasteiger partial charge on any atom is -0.493 e. The third-order valence-electron chi connectivity index (χ3n) is 3.39. The van der Waals surface area contributed by atoms with Crippen molar-refractivity contribution in [3.63, 3.8) is 0 Å². The highest BCUT2D eigenvalue weighted by Crippen LogP contribution is 2.33. The summed E-state index contributed by atoms with van der Waals surface area (Å²) >= 11 is 5.28. The summed E-state index contributed by atoms with van der Waals surface area (Å²) in [5, 5.41) is 10.3. The van der Waals surface area contributed by atoms with Gasteiger partial charge in [-0.25, -0.2) is 0 Å². The molecule has 0 atom stereocenters. The predicted molar refractivity (Wildman–Crippen MR) is 88.6 cm³/mol. The Kier molecular flexibility index (Phi) is 3.51. The Morgan fingerprint density at radius 2 is 2.14 bits per heavy atom. The molecule has 0 bridgehead atoms. The van der Waals surface area contributed by atoms with Gasteiger partial charge in [0.25, 0.3) is 0 Å². The van der Waals surface area contributed by atoms with Crippen molar-refractivity contribution in [2.24, 2.45) is 10.9 Å². The van der Waals surface area contributed by atoms with Gasteiger partial charge in [-0.15, -0.1) is 0 Å². The van der Waals surface area contributed by atoms with Crippen molar-refractivity contribution in [3.8, 4) is 5.88 Å². The molecule has 2 aromatic rings. The molecule has 108 valence electrons. The molecule has 0 saturated heterocycles. The molecule has 0 fully saturated rings. The number of benzene rings is 1. The highest BCUT2D eigenvalue weighted by Gasteiger charge is 2.15. The van der Waals surface area contributed by atoms with Crippen LogP contribution >= 0.6 is 12.2 Å². The van der Waals surface area contributed by atoms with Gasteiger partial charge in [0.1, 0.15) is 5.69 Å². The van der Waals surface area contributed by atoms with Crippen LogP contribution in [0.15, 0.2) is 29.3 Å². The molecule has 1 aromatic heterocycles. The molecule has 21 heavy (non-hydrogen) atoms. The van der Waals surface area contributed by atoms with E-state index in [9.17, 15) is 5.11 Å². The van der Waals surface area contributed by atoms with Crippen LogP contribution in [0.1, 0.15) is 25.1 Å². The zero-order valence-electron chi connectivity index (χ0n) is 12.0. The minimum absolute atomic E-state index is 0.180. The lowest BCUT2D eigenvalue weighted by molar-refractivity contribution is 0.392. The van der Waals surface area contributed by atoms with Crippen LogP contribution in [0.2, 0.25) is 0 Å². The third-order valence-corrected chi connectivity index (χ3v) is 3.71. The van der Waals surface area contributed by atoms with E-state index < -0.39 is 0 Å². The normalized spacial score (nSPS) is 15.1. The zero-order valence-corrected chi connectivity index (χ0v) is 12.8. The summed E-state index contributed by atoms with van der Waals surface area (Å²) in [6.45, 7) is 4.87. The lowest BCUT2D eigenvalue weighted by atomic mass is 10.1. The Morgan fingerprint density at radius 3 is 2.90 bits per heavy atom. The summed E-state index contributed by atoms with van der Waals surface area (Å²) in [6.07, 6.45) is 3.69. The van der Waals surface area contributed by atoms with Crippen LogP contribution in [0.5, 0.6) is 5.88 Å². The van der Waals surface area contributed by atoms with Gasteiger partial charge in [0.15, 0.2) is 4.77 Å². The number of rotatable bonds is 3. The summed E-state index contributed by atoms with van der Waals surface area (Å²) in [6, 6.07) is 7.93. The van der Waals surface area contributed by atoms with Crippen LogP contribution in [0.25, 0.3) is 11.6 Å². The van der Waals surface area contributed by atoms with Crippen molar-refractivity contribution in [3.05, 3.63) is 40.3 Å². The first-order valence-electron chi connectivity index (χ1n) is 6.93. The second-order valence-electron chi connectivity index (χ2n) is 5.55. The molecule has 3 rings (SSSR count). The summed E-state index contributed by atoms with van der Waals surface area (Å²) in [7, 11) is 0. The molecule has 5 heteroatoms. The molecule has 0 saturated carbocycles. The van der Waals surface area contributed by atoms with Gasteiger partial charge in [-0.05, 0) is 30.3 Å². The van der Waals surface area contributed by atoms with E-state index in [0.29, 0.717) is 22.9 Å². The van der Waals surface area contributed by atoms with E-state index in [4.69, 9.17) is 12.2 Å². The van der Waals surface area contributed by atoms with E-state index >= 15 is 0 Å². The Balaban J connectivity index is 2.02. The number of aromatic nitrogens is 2. The summed E-state index contributed by atoms with van der Waals surface area (Å²) in [5.41, 5.74) is 3.60. The monoisotopic (exact) mass is 299 g/mol. The van der Waals surface area contributed by atoms with Gasteiger partial charge in [-0.2, -0.15) is 0 Å². The van der Waals surface area contributed by atoms with Crippen molar-refractivity contribution in [1.29, 1.82) is 0 Å². The smallest absolute Gasteiger partial charge is 0.217 e. The van der Waals surface area contributed by atoms with Gasteiger partial charge >= 0.3 is 0 Å². The van der Waals surface area contributed by atoms with Crippen molar-refractivity contribution in [2.45, 2.75) is 20.4 Å². The maximum atomic E-state index is 10.3. The molecule has 2 heterocycles. The highest BCUT2D eigenvalue weighted by molar-refractivity contribution is 7.71. The van der Waals surface area contributed by atoms with Gasteiger partial charge in [0.05, 0.1) is 5.69 Å². The fourth-order valence-electron chi connectivity index (χ4n) is 2.42. The van der Waals surface area contributed by atoms with Crippen LogP contribution in [0, 0.1) is 10.7 Å². The van der Waals surface area contributed by atoms with E-state index in [0.717, 1.165) is 16.8 Å². The van der Waals surface area contributed by atoms with Crippen molar-refractivity contribution in [2.75, 3.05) is 0 Å². The number of hydrogen-bond acceptors (Lipinski definition) is 3. The van der Waals surface area contributed by atoms with E-state index in [1.807, 2.05) is 30.3 Å². The molecule has 0 radical (unpaired) electrons. The molecule has 0 aliphatic carbocycles. The van der Waals surface area contributed by atoms with Gasteiger partial charge < -0.3 is 10.1 Å². The van der Waals surface area contributed by atoms with Crippen LogP contribution in [-0.4, -0.2) is 20.9 Å². The zero-order chi connectivity index (χ0) is 15.0. The van der Waals surface area contributed by atoms with Crippen molar-refractivity contribution in [1.82, 2.24) is 9.55 Å². The fourth-order valence-corrected chi connectivity index (χ4v) is 2.70. The number of nitrogens with zero attached hydrogens (tertiary/aromatic N) is 2. The summed E-state index contributed by atoms with van der Waals surface area (Å²) in [5.74, 6) is 0.589. The Hall–Kier alpha value is -2.14. The first-order valence-corrected chi connectivity index (χ1v) is 7.34. The number of aromatic amines is 1. The minimum atomic E-state index is 0.180. The lowest BCUT2D eigenvalue weighted by Crippen LogP contribution is -2.03. The van der Waals surface area contributed by atoms with Gasteiger partial charge in [0.2, 0.25) is 5.88 Å². The van der Waals surface area contributed by atoms with Gasteiger partial charge in [-0.1, -0.05) is 32.0 Å². The second kappa shape index (κ2) is 5.33. The molecule has 0 amide bonds.